The van der Waals surface area contributed by atoms with E-state index in [1.807, 2.05) is 6.08 Å². The van der Waals surface area contributed by atoms with Gasteiger partial charge < -0.3 is 40.3 Å². The number of ether oxygens (including phenoxy) is 2. The Kier molecular flexibility index (Phi) is 36.4. The van der Waals surface area contributed by atoms with Crippen LogP contribution >= 0.6 is 0 Å². The number of rotatable bonds is 37. The van der Waals surface area contributed by atoms with Crippen molar-refractivity contribution < 1.29 is 39.8 Å². The second-order valence-corrected chi connectivity index (χ2v) is 15.8. The van der Waals surface area contributed by atoms with Crippen molar-refractivity contribution in [3.63, 3.8) is 0 Å². The molecule has 0 aromatic rings. The van der Waals surface area contributed by atoms with Crippen LogP contribution in [0.2, 0.25) is 0 Å². The monoisotopic (exact) mass is 828 g/mol. The van der Waals surface area contributed by atoms with E-state index < -0.39 is 49.5 Å². The number of aliphatic hydroxyl groups excluding tert-OH is 5. The minimum absolute atomic E-state index is 0.210. The average molecular weight is 828 g/mol. The first kappa shape index (κ1) is 54.4. The van der Waals surface area contributed by atoms with E-state index in [0.29, 0.717) is 6.42 Å². The van der Waals surface area contributed by atoms with Gasteiger partial charge in [0.05, 0.1) is 25.4 Å². The summed E-state index contributed by atoms with van der Waals surface area (Å²) in [6.45, 7) is 3.60. The Labute approximate surface area is 359 Å². The standard InChI is InChI=1S/C50H85NO8/c1-3-5-7-9-11-13-15-17-19-21-22-24-26-28-30-32-34-36-38-40-46(54)51-43(42-58-50-49(57)48(56)47(55)45(41-52)59-50)44(53)39-37-35-33-31-29-27-25-23-20-18-16-14-12-10-8-6-4-2/h5,7,11,13,17,19-20,22-24,29,31,37,39,43-45,47-50,52-53,55-57H,3-4,6,8-10,12,14-16,18,21,25-28,30,32-36,38,40-42H2,1-2H3,(H,51,54)/b7-5-,13-11-,19-17-,23-20+,24-22-,31-29+,39-37+. The topological polar surface area (TPSA) is 149 Å². The first-order chi connectivity index (χ1) is 28.8. The molecule has 7 unspecified atom stereocenters. The molecule has 1 aliphatic rings. The lowest BCUT2D eigenvalue weighted by molar-refractivity contribution is -0.302. The molecule has 7 atom stereocenters. The molecule has 9 heteroatoms. The summed E-state index contributed by atoms with van der Waals surface area (Å²) >= 11 is 0. The van der Waals surface area contributed by atoms with Gasteiger partial charge in [0.2, 0.25) is 5.91 Å². The zero-order valence-corrected chi connectivity index (χ0v) is 37.0. The summed E-state index contributed by atoms with van der Waals surface area (Å²) in [5.41, 5.74) is 0. The van der Waals surface area contributed by atoms with E-state index in [2.05, 4.69) is 92.1 Å². The normalized spacial score (nSPS) is 21.5. The summed E-state index contributed by atoms with van der Waals surface area (Å²) in [5, 5.41) is 54.2. The Hall–Kier alpha value is -2.63. The van der Waals surface area contributed by atoms with E-state index >= 15 is 0 Å². The molecule has 1 amide bonds. The lowest BCUT2D eigenvalue weighted by atomic mass is 9.99. The van der Waals surface area contributed by atoms with Crippen LogP contribution in [0.25, 0.3) is 0 Å². The van der Waals surface area contributed by atoms with Crippen molar-refractivity contribution in [2.24, 2.45) is 0 Å². The van der Waals surface area contributed by atoms with Crippen LogP contribution in [0.15, 0.2) is 85.1 Å². The number of unbranched alkanes of at least 4 members (excludes halogenated alkanes) is 15. The third-order valence-electron chi connectivity index (χ3n) is 10.4. The van der Waals surface area contributed by atoms with Crippen LogP contribution in [-0.2, 0) is 14.3 Å². The van der Waals surface area contributed by atoms with E-state index in [1.54, 1.807) is 6.08 Å². The lowest BCUT2D eigenvalue weighted by Gasteiger charge is -2.40. The van der Waals surface area contributed by atoms with E-state index in [4.69, 9.17) is 9.47 Å². The molecule has 0 aromatic heterocycles. The van der Waals surface area contributed by atoms with Crippen LogP contribution in [0, 0.1) is 0 Å². The number of amides is 1. The SMILES string of the molecule is CC/C=C\C/C=C\C/C=C\C/C=C\CCCCCCCCC(=O)NC(COC1OC(CO)C(O)C(O)C1O)C(O)/C=C/CC/C=C/CC/C=C/CCCCCCCCC. The molecule has 59 heavy (non-hydrogen) atoms. The van der Waals surface area contributed by atoms with Gasteiger partial charge in [0.25, 0.3) is 0 Å². The second-order valence-electron chi connectivity index (χ2n) is 15.8. The molecule has 1 rings (SSSR count). The fourth-order valence-corrected chi connectivity index (χ4v) is 6.71. The zero-order chi connectivity index (χ0) is 43.0. The van der Waals surface area contributed by atoms with E-state index in [1.165, 1.54) is 44.9 Å². The van der Waals surface area contributed by atoms with Gasteiger partial charge in [0, 0.05) is 6.42 Å². The number of hydrogen-bond donors (Lipinski definition) is 6. The smallest absolute Gasteiger partial charge is 0.220 e. The highest BCUT2D eigenvalue weighted by Gasteiger charge is 2.44. The van der Waals surface area contributed by atoms with Gasteiger partial charge in [-0.25, -0.2) is 0 Å². The van der Waals surface area contributed by atoms with Crippen molar-refractivity contribution in [2.45, 2.75) is 211 Å². The third-order valence-corrected chi connectivity index (χ3v) is 10.4. The molecular weight excluding hydrogens is 743 g/mol. The molecule has 338 valence electrons. The van der Waals surface area contributed by atoms with Crippen molar-refractivity contribution in [1.29, 1.82) is 0 Å². The summed E-state index contributed by atoms with van der Waals surface area (Å²) in [4.78, 5) is 13.0. The Morgan fingerprint density at radius 1 is 0.593 bits per heavy atom. The Bertz CT molecular complexity index is 1190. The third kappa shape index (κ3) is 30.1. The molecule has 0 radical (unpaired) electrons. The van der Waals surface area contributed by atoms with Crippen molar-refractivity contribution in [2.75, 3.05) is 13.2 Å². The molecule has 9 nitrogen and oxygen atoms in total. The quantitative estimate of drug-likeness (QED) is 0.0268. The van der Waals surface area contributed by atoms with Crippen molar-refractivity contribution >= 4 is 5.91 Å². The molecule has 1 saturated heterocycles. The average Bonchev–Trinajstić information content (AvgIpc) is 3.23. The van der Waals surface area contributed by atoms with Crippen molar-refractivity contribution in [1.82, 2.24) is 5.32 Å². The number of hydrogen-bond acceptors (Lipinski definition) is 8. The van der Waals surface area contributed by atoms with E-state index in [9.17, 15) is 30.3 Å². The predicted molar refractivity (Wildman–Crippen MR) is 244 cm³/mol. The van der Waals surface area contributed by atoms with Crippen LogP contribution in [-0.4, -0.2) is 87.5 Å². The maximum Gasteiger partial charge on any atom is 0.220 e. The summed E-state index contributed by atoms with van der Waals surface area (Å²) < 4.78 is 11.2. The molecule has 1 aliphatic heterocycles. The van der Waals surface area contributed by atoms with Gasteiger partial charge in [-0.15, -0.1) is 0 Å². The zero-order valence-electron chi connectivity index (χ0n) is 37.0. The summed E-state index contributed by atoms with van der Waals surface area (Å²) in [6.07, 6.45) is 47.6. The minimum Gasteiger partial charge on any atom is -0.394 e. The Balaban J connectivity index is 2.41. The predicted octanol–water partition coefficient (Wildman–Crippen LogP) is 9.94. The summed E-state index contributed by atoms with van der Waals surface area (Å²) in [5.74, 6) is -0.210. The van der Waals surface area contributed by atoms with Gasteiger partial charge in [-0.2, -0.15) is 0 Å². The van der Waals surface area contributed by atoms with Crippen LogP contribution < -0.4 is 5.32 Å². The van der Waals surface area contributed by atoms with Gasteiger partial charge in [-0.3, -0.25) is 4.79 Å². The highest BCUT2D eigenvalue weighted by atomic mass is 16.7. The van der Waals surface area contributed by atoms with Gasteiger partial charge in [-0.1, -0.05) is 163 Å². The number of carbonyl (C=O) groups is 1. The Morgan fingerprint density at radius 2 is 1.07 bits per heavy atom. The van der Waals surface area contributed by atoms with Crippen LogP contribution in [0.5, 0.6) is 0 Å². The van der Waals surface area contributed by atoms with E-state index in [-0.39, 0.29) is 12.5 Å². The number of carbonyl (C=O) groups excluding carboxylic acids is 1. The fraction of sp³-hybridized carbons (Fsp3) is 0.700. The van der Waals surface area contributed by atoms with Crippen LogP contribution in [0.3, 0.4) is 0 Å². The summed E-state index contributed by atoms with van der Waals surface area (Å²) in [7, 11) is 0. The molecule has 1 fully saturated rings. The molecule has 1 heterocycles. The van der Waals surface area contributed by atoms with Gasteiger partial charge in [-0.05, 0) is 83.5 Å². The first-order valence-corrected chi connectivity index (χ1v) is 23.3. The number of nitrogens with one attached hydrogen (secondary N) is 1. The van der Waals surface area contributed by atoms with Crippen LogP contribution in [0.1, 0.15) is 168 Å². The van der Waals surface area contributed by atoms with Crippen molar-refractivity contribution in [3.8, 4) is 0 Å². The molecular formula is C50H85NO8. The van der Waals surface area contributed by atoms with Gasteiger partial charge >= 0.3 is 0 Å². The molecule has 0 aromatic carbocycles. The fourth-order valence-electron chi connectivity index (χ4n) is 6.71. The molecule has 0 bridgehead atoms. The maximum atomic E-state index is 13.0. The van der Waals surface area contributed by atoms with E-state index in [0.717, 1.165) is 103 Å². The Morgan fingerprint density at radius 3 is 1.63 bits per heavy atom. The molecule has 0 spiro atoms. The van der Waals surface area contributed by atoms with Gasteiger partial charge in [0.15, 0.2) is 6.29 Å². The number of allylic oxidation sites excluding steroid dienone is 13. The first-order valence-electron chi connectivity index (χ1n) is 23.3. The van der Waals surface area contributed by atoms with Crippen molar-refractivity contribution in [3.05, 3.63) is 85.1 Å². The highest BCUT2D eigenvalue weighted by molar-refractivity contribution is 5.76. The largest absolute Gasteiger partial charge is 0.394 e. The van der Waals surface area contributed by atoms with Gasteiger partial charge in [0.1, 0.15) is 24.4 Å². The minimum atomic E-state index is -1.58. The summed E-state index contributed by atoms with van der Waals surface area (Å²) in [6, 6.07) is -0.840. The second kappa shape index (κ2) is 39.5. The molecule has 0 aliphatic carbocycles. The molecule has 0 saturated carbocycles. The number of aliphatic hydroxyl groups is 5. The maximum absolute atomic E-state index is 13.0. The lowest BCUT2D eigenvalue weighted by Crippen LogP contribution is -2.60. The molecule has 6 N–H and O–H groups in total. The highest BCUT2D eigenvalue weighted by Crippen LogP contribution is 2.22. The van der Waals surface area contributed by atoms with Crippen LogP contribution in [0.4, 0.5) is 0 Å².